The Kier molecular flexibility index (Phi) is 6.47. The number of β-amino-alcohol motifs (C(OH)–C–C–N with tert-alkyl or cyclic N) is 1. The second-order valence-corrected chi connectivity index (χ2v) is 10.1. The minimum atomic E-state index is -1.63. The number of thioether (sulfide) groups is 1. The topological polar surface area (TPSA) is 92.5 Å². The van der Waals surface area contributed by atoms with Crippen LogP contribution < -0.4 is 15.6 Å². The average Bonchev–Trinajstić information content (AvgIpc) is 3.42. The molecule has 0 aromatic carbocycles. The van der Waals surface area contributed by atoms with Gasteiger partial charge in [0.05, 0.1) is 46.1 Å². The van der Waals surface area contributed by atoms with E-state index in [9.17, 15) is 18.7 Å². The standard InChI is InChI=1S/C23H23F2N5O3S.ClH/c24-15-6-17-21-20(16(25)8-28-17)23(32,11-30(21)22(15)31)10-29-3-1-13(2-4-29)26-7-14-5-19-18(9-27-14)33-12-34-19;/h5-6,8-9,13,26,32H,1-4,7,10-12H2;1H/t23-;/m0./s1. The van der Waals surface area contributed by atoms with Crippen LogP contribution in [0.4, 0.5) is 8.78 Å². The second kappa shape index (κ2) is 9.29. The number of ether oxygens (including phenoxy) is 1. The number of likely N-dealkylation sites (tertiary alicyclic amines) is 1. The van der Waals surface area contributed by atoms with E-state index in [2.05, 4.69) is 26.3 Å². The Hall–Kier alpha value is -2.31. The summed E-state index contributed by atoms with van der Waals surface area (Å²) < 4.78 is 35.4. The number of hydrogen-bond acceptors (Lipinski definition) is 8. The Bertz CT molecular complexity index is 1350. The second-order valence-electron chi connectivity index (χ2n) is 9.09. The van der Waals surface area contributed by atoms with Crippen molar-refractivity contribution in [2.45, 2.75) is 42.5 Å². The van der Waals surface area contributed by atoms with Crippen molar-refractivity contribution in [1.29, 1.82) is 0 Å². The quantitative estimate of drug-likeness (QED) is 0.527. The highest BCUT2D eigenvalue weighted by Gasteiger charge is 2.43. The van der Waals surface area contributed by atoms with Crippen molar-refractivity contribution in [2.75, 3.05) is 25.6 Å². The number of aromatic nitrogens is 3. The molecule has 0 amide bonds. The lowest BCUT2D eigenvalue weighted by Crippen LogP contribution is -2.48. The van der Waals surface area contributed by atoms with Gasteiger partial charge in [-0.05, 0) is 32.0 Å². The molecule has 6 heterocycles. The van der Waals surface area contributed by atoms with Crippen LogP contribution in [0.2, 0.25) is 0 Å². The van der Waals surface area contributed by atoms with E-state index < -0.39 is 22.8 Å². The first-order valence-electron chi connectivity index (χ1n) is 11.2. The van der Waals surface area contributed by atoms with E-state index in [1.807, 2.05) is 0 Å². The lowest BCUT2D eigenvalue weighted by Gasteiger charge is -2.37. The minimum absolute atomic E-state index is 0. The third-order valence-corrected chi connectivity index (χ3v) is 7.73. The largest absolute Gasteiger partial charge is 0.480 e. The van der Waals surface area contributed by atoms with Crippen LogP contribution in [-0.4, -0.2) is 56.2 Å². The molecule has 3 aliphatic rings. The Labute approximate surface area is 210 Å². The van der Waals surface area contributed by atoms with Crippen LogP contribution in [0.25, 0.3) is 11.0 Å². The summed E-state index contributed by atoms with van der Waals surface area (Å²) in [4.78, 5) is 23.9. The summed E-state index contributed by atoms with van der Waals surface area (Å²) in [6, 6.07) is 3.35. The number of pyridine rings is 3. The lowest BCUT2D eigenvalue weighted by molar-refractivity contribution is -0.0160. The molecule has 35 heavy (non-hydrogen) atoms. The minimum Gasteiger partial charge on any atom is -0.480 e. The normalized spacial score (nSPS) is 21.7. The van der Waals surface area contributed by atoms with Gasteiger partial charge in [-0.3, -0.25) is 19.7 Å². The molecule has 6 rings (SSSR count). The Morgan fingerprint density at radius 2 is 2.00 bits per heavy atom. The number of fused-ring (bicyclic) bond motifs is 1. The number of nitrogens with one attached hydrogen (secondary N) is 1. The number of halogens is 3. The molecular formula is C23H24ClF2N5O3S. The fourth-order valence-corrected chi connectivity index (χ4v) is 5.99. The number of rotatable bonds is 5. The summed E-state index contributed by atoms with van der Waals surface area (Å²) in [7, 11) is 0. The summed E-state index contributed by atoms with van der Waals surface area (Å²) in [6.45, 7) is 2.03. The van der Waals surface area contributed by atoms with Crippen molar-refractivity contribution in [3.63, 3.8) is 0 Å². The molecule has 0 spiro atoms. The summed E-state index contributed by atoms with van der Waals surface area (Å²) in [5.41, 5.74) is -1.16. The Morgan fingerprint density at radius 3 is 2.80 bits per heavy atom. The van der Waals surface area contributed by atoms with Crippen molar-refractivity contribution in [3.05, 3.63) is 57.8 Å². The highest BCUT2D eigenvalue weighted by atomic mass is 35.5. The first kappa shape index (κ1) is 24.4. The molecule has 1 atom stereocenters. The smallest absolute Gasteiger partial charge is 0.287 e. The fourth-order valence-electron chi connectivity index (χ4n) is 5.20. The van der Waals surface area contributed by atoms with Crippen LogP contribution in [0.5, 0.6) is 5.75 Å². The van der Waals surface area contributed by atoms with E-state index in [1.165, 1.54) is 0 Å². The maximum absolute atomic E-state index is 14.8. The third-order valence-electron chi connectivity index (χ3n) is 6.86. The molecule has 0 bridgehead atoms. The molecule has 186 valence electrons. The lowest BCUT2D eigenvalue weighted by atomic mass is 9.93. The van der Waals surface area contributed by atoms with Crippen LogP contribution in [0.1, 0.15) is 24.1 Å². The van der Waals surface area contributed by atoms with Crippen molar-refractivity contribution < 1.29 is 18.6 Å². The van der Waals surface area contributed by atoms with Gasteiger partial charge in [0.15, 0.2) is 11.6 Å². The molecular weight excluding hydrogens is 500 g/mol. The molecule has 3 aliphatic heterocycles. The van der Waals surface area contributed by atoms with E-state index in [1.54, 1.807) is 18.0 Å². The van der Waals surface area contributed by atoms with Gasteiger partial charge in [0.1, 0.15) is 17.4 Å². The first-order valence-corrected chi connectivity index (χ1v) is 12.2. The predicted octanol–water partition coefficient (Wildman–Crippen LogP) is 2.39. The fraction of sp³-hybridized carbons (Fsp3) is 0.435. The summed E-state index contributed by atoms with van der Waals surface area (Å²) in [6.07, 6.45) is 4.46. The van der Waals surface area contributed by atoms with E-state index in [0.29, 0.717) is 31.6 Å². The van der Waals surface area contributed by atoms with Crippen LogP contribution in [0.3, 0.4) is 0 Å². The summed E-state index contributed by atoms with van der Waals surface area (Å²) in [5, 5.41) is 15.0. The van der Waals surface area contributed by atoms with E-state index >= 15 is 0 Å². The van der Waals surface area contributed by atoms with Crippen LogP contribution >= 0.6 is 24.2 Å². The van der Waals surface area contributed by atoms with Gasteiger partial charge >= 0.3 is 0 Å². The van der Waals surface area contributed by atoms with Crippen molar-refractivity contribution >= 4 is 35.2 Å². The summed E-state index contributed by atoms with van der Waals surface area (Å²) in [5.74, 6) is -0.184. The molecule has 0 unspecified atom stereocenters. The first-order chi connectivity index (χ1) is 16.4. The van der Waals surface area contributed by atoms with Gasteiger partial charge in [-0.25, -0.2) is 8.78 Å². The number of hydrogen-bond donors (Lipinski definition) is 2. The molecule has 2 N–H and O–H groups in total. The van der Waals surface area contributed by atoms with Crippen LogP contribution in [-0.2, 0) is 18.7 Å². The zero-order chi connectivity index (χ0) is 23.4. The monoisotopic (exact) mass is 523 g/mol. The Morgan fingerprint density at radius 1 is 1.20 bits per heavy atom. The zero-order valence-electron chi connectivity index (χ0n) is 18.7. The van der Waals surface area contributed by atoms with Gasteiger partial charge in [0.25, 0.3) is 5.56 Å². The predicted molar refractivity (Wildman–Crippen MR) is 129 cm³/mol. The Balaban J connectivity index is 0.00000253. The number of nitrogens with zero attached hydrogens (tertiary/aromatic N) is 4. The molecule has 3 aromatic heterocycles. The molecule has 3 aromatic rings. The van der Waals surface area contributed by atoms with Crippen molar-refractivity contribution in [2.24, 2.45) is 0 Å². The third kappa shape index (κ3) is 4.29. The van der Waals surface area contributed by atoms with Gasteiger partial charge in [-0.2, -0.15) is 0 Å². The van der Waals surface area contributed by atoms with Crippen molar-refractivity contribution in [1.82, 2.24) is 24.8 Å². The van der Waals surface area contributed by atoms with Crippen LogP contribution in [0, 0.1) is 11.6 Å². The molecule has 12 heteroatoms. The van der Waals surface area contributed by atoms with Gasteiger partial charge in [-0.15, -0.1) is 12.4 Å². The highest BCUT2D eigenvalue weighted by Crippen LogP contribution is 2.38. The number of aliphatic hydroxyl groups is 1. The van der Waals surface area contributed by atoms with Crippen molar-refractivity contribution in [3.8, 4) is 5.75 Å². The molecule has 0 radical (unpaired) electrons. The van der Waals surface area contributed by atoms with Gasteiger partial charge in [0.2, 0.25) is 0 Å². The maximum Gasteiger partial charge on any atom is 0.287 e. The van der Waals surface area contributed by atoms with Gasteiger partial charge in [0, 0.05) is 25.2 Å². The highest BCUT2D eigenvalue weighted by molar-refractivity contribution is 7.99. The molecule has 1 fully saturated rings. The zero-order valence-corrected chi connectivity index (χ0v) is 20.3. The van der Waals surface area contributed by atoms with E-state index in [-0.39, 0.29) is 42.1 Å². The summed E-state index contributed by atoms with van der Waals surface area (Å²) >= 11 is 1.66. The van der Waals surface area contributed by atoms with Crippen LogP contribution in [0.15, 0.2) is 34.2 Å². The average molecular weight is 524 g/mol. The molecule has 1 saturated heterocycles. The molecule has 0 saturated carbocycles. The number of piperidine rings is 1. The van der Waals surface area contributed by atoms with Gasteiger partial charge < -0.3 is 19.7 Å². The molecule has 0 aliphatic carbocycles. The maximum atomic E-state index is 14.8. The SMILES string of the molecule is Cl.O=c1c(F)cc2ncc(F)c3c2n1C[C@@]3(O)CN1CCC(NCc2cc3c(cn2)OCS3)CC1. The molecule has 8 nitrogen and oxygen atoms in total. The van der Waals surface area contributed by atoms with E-state index in [0.717, 1.165) is 46.0 Å². The van der Waals surface area contributed by atoms with Gasteiger partial charge in [-0.1, -0.05) is 11.8 Å². The van der Waals surface area contributed by atoms with E-state index in [4.69, 9.17) is 4.74 Å².